The first kappa shape index (κ1) is 8.05. The number of hydrogen-bond acceptors (Lipinski definition) is 1. The topological polar surface area (TPSA) is 29.1 Å². The molecule has 0 bridgehead atoms. The van der Waals surface area contributed by atoms with E-state index in [0.29, 0.717) is 12.3 Å². The SMILES string of the molecule is O=C1CCC2C=C(Br)C=CC2N1. The van der Waals surface area contributed by atoms with Crippen LogP contribution in [0.1, 0.15) is 12.8 Å². The van der Waals surface area contributed by atoms with Crippen molar-refractivity contribution in [2.75, 3.05) is 0 Å². The number of carbonyl (C=O) groups is 1. The Morgan fingerprint density at radius 2 is 2.42 bits per heavy atom. The molecule has 1 amide bonds. The van der Waals surface area contributed by atoms with E-state index < -0.39 is 0 Å². The van der Waals surface area contributed by atoms with Crippen molar-refractivity contribution in [3.8, 4) is 0 Å². The van der Waals surface area contributed by atoms with Crippen molar-refractivity contribution in [3.63, 3.8) is 0 Å². The Morgan fingerprint density at radius 3 is 3.25 bits per heavy atom. The minimum absolute atomic E-state index is 0.173. The average Bonchev–Trinajstić information content (AvgIpc) is 2.05. The Kier molecular flexibility index (Phi) is 2.05. The lowest BCUT2D eigenvalue weighted by Gasteiger charge is -2.30. The second-order valence-corrected chi connectivity index (χ2v) is 4.12. The number of fused-ring (bicyclic) bond motifs is 1. The summed E-state index contributed by atoms with van der Waals surface area (Å²) in [5.74, 6) is 0.661. The number of carbonyl (C=O) groups excluding carboxylic acids is 1. The van der Waals surface area contributed by atoms with Crippen LogP contribution in [-0.2, 0) is 4.79 Å². The van der Waals surface area contributed by atoms with Gasteiger partial charge in [0.25, 0.3) is 0 Å². The quantitative estimate of drug-likeness (QED) is 0.672. The summed E-state index contributed by atoms with van der Waals surface area (Å²) in [6.45, 7) is 0. The Bertz CT molecular complexity index is 270. The Balaban J connectivity index is 2.15. The van der Waals surface area contributed by atoms with Gasteiger partial charge in [0, 0.05) is 16.8 Å². The number of allylic oxidation sites excluding steroid dienone is 2. The zero-order chi connectivity index (χ0) is 8.55. The lowest BCUT2D eigenvalue weighted by Crippen LogP contribution is -2.43. The van der Waals surface area contributed by atoms with Crippen LogP contribution in [0, 0.1) is 5.92 Å². The molecule has 1 aliphatic heterocycles. The first-order chi connectivity index (χ1) is 5.75. The van der Waals surface area contributed by atoms with Crippen LogP contribution in [0.15, 0.2) is 22.7 Å². The maximum Gasteiger partial charge on any atom is 0.220 e. The van der Waals surface area contributed by atoms with Crippen molar-refractivity contribution >= 4 is 21.8 Å². The van der Waals surface area contributed by atoms with Crippen LogP contribution in [-0.4, -0.2) is 11.9 Å². The van der Waals surface area contributed by atoms with E-state index in [0.717, 1.165) is 10.9 Å². The minimum Gasteiger partial charge on any atom is -0.349 e. The fraction of sp³-hybridized carbons (Fsp3) is 0.444. The molecule has 0 saturated carbocycles. The molecule has 2 aliphatic rings. The smallest absolute Gasteiger partial charge is 0.220 e. The van der Waals surface area contributed by atoms with Crippen LogP contribution in [0.5, 0.6) is 0 Å². The monoisotopic (exact) mass is 227 g/mol. The molecule has 2 rings (SSSR count). The second kappa shape index (κ2) is 3.05. The molecule has 12 heavy (non-hydrogen) atoms. The van der Waals surface area contributed by atoms with Gasteiger partial charge in [-0.3, -0.25) is 4.79 Å². The summed E-state index contributed by atoms with van der Waals surface area (Å²) < 4.78 is 1.12. The van der Waals surface area contributed by atoms with Crippen LogP contribution in [0.4, 0.5) is 0 Å². The molecule has 64 valence electrons. The Hall–Kier alpha value is -0.570. The van der Waals surface area contributed by atoms with Crippen LogP contribution >= 0.6 is 15.9 Å². The number of hydrogen-bond donors (Lipinski definition) is 1. The van der Waals surface area contributed by atoms with Crippen molar-refractivity contribution in [2.24, 2.45) is 5.92 Å². The van der Waals surface area contributed by atoms with E-state index in [9.17, 15) is 4.79 Å². The van der Waals surface area contributed by atoms with Crippen molar-refractivity contribution < 1.29 is 4.79 Å². The van der Waals surface area contributed by atoms with E-state index in [1.807, 2.05) is 12.2 Å². The van der Waals surface area contributed by atoms with E-state index >= 15 is 0 Å². The lowest BCUT2D eigenvalue weighted by atomic mass is 9.87. The summed E-state index contributed by atoms with van der Waals surface area (Å²) in [5.41, 5.74) is 0. The molecule has 3 heteroatoms. The fourth-order valence-electron chi connectivity index (χ4n) is 1.68. The van der Waals surface area contributed by atoms with Crippen LogP contribution < -0.4 is 5.32 Å². The summed E-state index contributed by atoms with van der Waals surface area (Å²) in [6, 6.07) is 0.229. The lowest BCUT2D eigenvalue weighted by molar-refractivity contribution is -0.123. The van der Waals surface area contributed by atoms with Gasteiger partial charge in [0.05, 0.1) is 6.04 Å². The molecule has 2 atom stereocenters. The molecule has 0 radical (unpaired) electrons. The van der Waals surface area contributed by atoms with Crippen molar-refractivity contribution in [2.45, 2.75) is 18.9 Å². The highest BCUT2D eigenvalue weighted by atomic mass is 79.9. The molecule has 0 aromatic rings. The van der Waals surface area contributed by atoms with E-state index in [4.69, 9.17) is 0 Å². The van der Waals surface area contributed by atoms with Gasteiger partial charge >= 0.3 is 0 Å². The maximum atomic E-state index is 11.0. The standard InChI is InChI=1S/C9H10BrNO/c10-7-2-3-8-6(5-7)1-4-9(12)11-8/h2-3,5-6,8H,1,4H2,(H,11,12). The molecule has 1 saturated heterocycles. The number of rotatable bonds is 0. The molecule has 1 heterocycles. The van der Waals surface area contributed by atoms with E-state index in [1.165, 1.54) is 0 Å². The van der Waals surface area contributed by atoms with E-state index in [1.54, 1.807) is 0 Å². The van der Waals surface area contributed by atoms with Crippen molar-refractivity contribution in [1.29, 1.82) is 0 Å². The molecule has 1 fully saturated rings. The summed E-state index contributed by atoms with van der Waals surface area (Å²) in [5, 5.41) is 2.95. The highest BCUT2D eigenvalue weighted by Crippen LogP contribution is 2.27. The molecule has 0 aromatic carbocycles. The van der Waals surface area contributed by atoms with Gasteiger partial charge in [-0.05, 0) is 6.42 Å². The third kappa shape index (κ3) is 1.46. The third-order valence-corrected chi connectivity index (χ3v) is 2.86. The van der Waals surface area contributed by atoms with Crippen molar-refractivity contribution in [1.82, 2.24) is 5.32 Å². The number of nitrogens with one attached hydrogen (secondary N) is 1. The molecule has 2 nitrogen and oxygen atoms in total. The van der Waals surface area contributed by atoms with Crippen LogP contribution in [0.3, 0.4) is 0 Å². The zero-order valence-electron chi connectivity index (χ0n) is 6.59. The van der Waals surface area contributed by atoms with Crippen LogP contribution in [0.25, 0.3) is 0 Å². The maximum absolute atomic E-state index is 11.0. The fourth-order valence-corrected chi connectivity index (χ4v) is 2.17. The van der Waals surface area contributed by atoms with Gasteiger partial charge in [0.1, 0.15) is 0 Å². The van der Waals surface area contributed by atoms with Gasteiger partial charge in [-0.2, -0.15) is 0 Å². The van der Waals surface area contributed by atoms with Gasteiger partial charge in [0.15, 0.2) is 0 Å². The second-order valence-electron chi connectivity index (χ2n) is 3.21. The highest BCUT2D eigenvalue weighted by Gasteiger charge is 2.26. The molecule has 0 aromatic heterocycles. The van der Waals surface area contributed by atoms with Crippen molar-refractivity contribution in [3.05, 3.63) is 22.7 Å². The molecule has 0 spiro atoms. The van der Waals surface area contributed by atoms with Gasteiger partial charge in [-0.15, -0.1) is 0 Å². The largest absolute Gasteiger partial charge is 0.349 e. The highest BCUT2D eigenvalue weighted by molar-refractivity contribution is 9.11. The normalized spacial score (nSPS) is 33.8. The summed E-state index contributed by atoms with van der Waals surface area (Å²) in [6.07, 6.45) is 7.84. The summed E-state index contributed by atoms with van der Waals surface area (Å²) >= 11 is 3.43. The minimum atomic E-state index is 0.173. The number of piperidine rings is 1. The molecular formula is C9H10BrNO. The molecular weight excluding hydrogens is 218 g/mol. The van der Waals surface area contributed by atoms with E-state index in [2.05, 4.69) is 27.3 Å². The molecule has 2 unspecified atom stereocenters. The number of amides is 1. The summed E-state index contributed by atoms with van der Waals surface area (Å²) in [7, 11) is 0. The molecule has 1 N–H and O–H groups in total. The predicted octanol–water partition coefficient (Wildman–Crippen LogP) is 1.73. The van der Waals surface area contributed by atoms with Gasteiger partial charge < -0.3 is 5.32 Å². The Morgan fingerprint density at radius 1 is 1.58 bits per heavy atom. The first-order valence-corrected chi connectivity index (χ1v) is 4.90. The third-order valence-electron chi connectivity index (χ3n) is 2.33. The Labute approximate surface area is 79.8 Å². The van der Waals surface area contributed by atoms with Gasteiger partial charge in [0.2, 0.25) is 5.91 Å². The van der Waals surface area contributed by atoms with Crippen LogP contribution in [0.2, 0.25) is 0 Å². The first-order valence-electron chi connectivity index (χ1n) is 4.10. The average molecular weight is 228 g/mol. The zero-order valence-corrected chi connectivity index (χ0v) is 8.17. The van der Waals surface area contributed by atoms with Gasteiger partial charge in [-0.25, -0.2) is 0 Å². The number of halogens is 1. The van der Waals surface area contributed by atoms with Gasteiger partial charge in [-0.1, -0.05) is 34.2 Å². The predicted molar refractivity (Wildman–Crippen MR) is 50.8 cm³/mol. The molecule has 1 aliphatic carbocycles. The summed E-state index contributed by atoms with van der Waals surface area (Å²) in [4.78, 5) is 11.0. The van der Waals surface area contributed by atoms with E-state index in [-0.39, 0.29) is 11.9 Å².